The highest BCUT2D eigenvalue weighted by atomic mass is 19.1. The van der Waals surface area contributed by atoms with Gasteiger partial charge in [-0.05, 0) is 57.6 Å². The van der Waals surface area contributed by atoms with Crippen LogP contribution in [0.4, 0.5) is 4.39 Å². The lowest BCUT2D eigenvalue weighted by molar-refractivity contribution is -0.126. The van der Waals surface area contributed by atoms with Gasteiger partial charge in [0.2, 0.25) is 5.91 Å². The number of hydrogen-bond acceptors (Lipinski definition) is 3. The molecule has 0 radical (unpaired) electrons. The Balaban J connectivity index is 1.59. The Labute approximate surface area is 158 Å². The summed E-state index contributed by atoms with van der Waals surface area (Å²) in [7, 11) is 3.94. The quantitative estimate of drug-likeness (QED) is 0.843. The number of carbonyl (C=O) groups is 2. The minimum absolute atomic E-state index is 0.0460. The zero-order valence-corrected chi connectivity index (χ0v) is 16.1. The van der Waals surface area contributed by atoms with Gasteiger partial charge < -0.3 is 20.1 Å². The number of aryl methyl sites for hydroxylation is 1. The van der Waals surface area contributed by atoms with E-state index in [9.17, 15) is 14.0 Å². The van der Waals surface area contributed by atoms with Crippen LogP contribution in [0.25, 0.3) is 10.9 Å². The van der Waals surface area contributed by atoms with Gasteiger partial charge in [-0.15, -0.1) is 0 Å². The number of fused-ring (bicyclic) bond motifs is 1. The van der Waals surface area contributed by atoms with Gasteiger partial charge in [0.15, 0.2) is 0 Å². The third-order valence-electron chi connectivity index (χ3n) is 5.15. The average Bonchev–Trinajstić information content (AvgIpc) is 3.05. The van der Waals surface area contributed by atoms with Crippen molar-refractivity contribution in [2.45, 2.75) is 19.8 Å². The van der Waals surface area contributed by atoms with Gasteiger partial charge in [-0.2, -0.15) is 0 Å². The van der Waals surface area contributed by atoms with Crippen LogP contribution in [0.5, 0.6) is 0 Å². The number of hydrogen-bond donors (Lipinski definition) is 2. The number of halogens is 1. The summed E-state index contributed by atoms with van der Waals surface area (Å²) < 4.78 is 13.6. The Hall–Kier alpha value is -2.41. The molecular formula is C20H27FN4O2. The molecule has 1 aliphatic rings. The first-order valence-corrected chi connectivity index (χ1v) is 9.35. The van der Waals surface area contributed by atoms with Crippen LogP contribution in [0.15, 0.2) is 18.2 Å². The van der Waals surface area contributed by atoms with Crippen molar-refractivity contribution >= 4 is 22.7 Å². The van der Waals surface area contributed by atoms with Crippen molar-refractivity contribution in [3.63, 3.8) is 0 Å². The van der Waals surface area contributed by atoms with Crippen LogP contribution in [0, 0.1) is 18.7 Å². The summed E-state index contributed by atoms with van der Waals surface area (Å²) >= 11 is 0. The van der Waals surface area contributed by atoms with Gasteiger partial charge in [-0.3, -0.25) is 9.59 Å². The molecule has 7 heteroatoms. The van der Waals surface area contributed by atoms with E-state index in [1.54, 1.807) is 11.0 Å². The van der Waals surface area contributed by atoms with Gasteiger partial charge in [0.25, 0.3) is 5.91 Å². The number of amides is 2. The van der Waals surface area contributed by atoms with Crippen molar-refractivity contribution in [3.8, 4) is 0 Å². The van der Waals surface area contributed by atoms with Crippen LogP contribution < -0.4 is 5.32 Å². The Morgan fingerprint density at radius 1 is 1.26 bits per heavy atom. The van der Waals surface area contributed by atoms with Crippen molar-refractivity contribution in [1.82, 2.24) is 20.1 Å². The van der Waals surface area contributed by atoms with Crippen molar-refractivity contribution in [3.05, 3.63) is 35.3 Å². The number of piperidine rings is 1. The average molecular weight is 374 g/mol. The largest absolute Gasteiger partial charge is 0.355 e. The van der Waals surface area contributed by atoms with Gasteiger partial charge in [-0.25, -0.2) is 4.39 Å². The maximum absolute atomic E-state index is 13.6. The molecular weight excluding hydrogens is 347 g/mol. The molecule has 27 heavy (non-hydrogen) atoms. The summed E-state index contributed by atoms with van der Waals surface area (Å²) in [4.78, 5) is 31.8. The molecule has 0 bridgehead atoms. The van der Waals surface area contributed by atoms with E-state index < -0.39 is 0 Å². The maximum atomic E-state index is 13.6. The van der Waals surface area contributed by atoms with E-state index in [0.717, 1.165) is 17.5 Å². The number of benzene rings is 1. The molecule has 2 amide bonds. The van der Waals surface area contributed by atoms with Crippen molar-refractivity contribution in [2.75, 3.05) is 40.3 Å². The number of carbonyl (C=O) groups excluding carboxylic acids is 2. The van der Waals surface area contributed by atoms with Crippen LogP contribution in [0.3, 0.4) is 0 Å². The van der Waals surface area contributed by atoms with E-state index in [0.29, 0.717) is 43.7 Å². The lowest BCUT2D eigenvalue weighted by atomic mass is 9.95. The van der Waals surface area contributed by atoms with E-state index in [4.69, 9.17) is 0 Å². The Bertz CT molecular complexity index is 838. The van der Waals surface area contributed by atoms with Crippen molar-refractivity contribution in [1.29, 1.82) is 0 Å². The number of likely N-dealkylation sites (N-methyl/N-ethyl adjacent to an activating group) is 1. The molecule has 1 aromatic carbocycles. The molecule has 0 saturated carbocycles. The van der Waals surface area contributed by atoms with Crippen LogP contribution in [-0.4, -0.2) is 66.9 Å². The Morgan fingerprint density at radius 3 is 2.63 bits per heavy atom. The third-order valence-corrected chi connectivity index (χ3v) is 5.15. The fourth-order valence-corrected chi connectivity index (χ4v) is 3.55. The highest BCUT2D eigenvalue weighted by Crippen LogP contribution is 2.24. The predicted molar refractivity (Wildman–Crippen MR) is 103 cm³/mol. The van der Waals surface area contributed by atoms with Crippen LogP contribution in [0.2, 0.25) is 0 Å². The maximum Gasteiger partial charge on any atom is 0.270 e. The van der Waals surface area contributed by atoms with Gasteiger partial charge in [-0.1, -0.05) is 0 Å². The van der Waals surface area contributed by atoms with E-state index in [1.807, 2.05) is 25.9 Å². The topological polar surface area (TPSA) is 68.4 Å². The van der Waals surface area contributed by atoms with Crippen LogP contribution in [-0.2, 0) is 4.79 Å². The molecule has 1 fully saturated rings. The highest BCUT2D eigenvalue weighted by molar-refractivity contribution is 5.99. The summed E-state index contributed by atoms with van der Waals surface area (Å²) in [6, 6.07) is 4.65. The number of H-pyrrole nitrogens is 1. The van der Waals surface area contributed by atoms with Gasteiger partial charge in [0.05, 0.1) is 0 Å². The van der Waals surface area contributed by atoms with E-state index in [1.165, 1.54) is 12.1 Å². The van der Waals surface area contributed by atoms with Crippen LogP contribution in [0.1, 0.15) is 28.9 Å². The Kier molecular flexibility index (Phi) is 5.79. The first-order chi connectivity index (χ1) is 12.8. The van der Waals surface area contributed by atoms with Crippen LogP contribution >= 0.6 is 0 Å². The second-order valence-electron chi connectivity index (χ2n) is 7.53. The second kappa shape index (κ2) is 8.08. The third kappa shape index (κ3) is 4.47. The Morgan fingerprint density at radius 2 is 1.96 bits per heavy atom. The molecule has 1 aliphatic heterocycles. The van der Waals surface area contributed by atoms with E-state index >= 15 is 0 Å². The molecule has 146 valence electrons. The molecule has 0 atom stereocenters. The van der Waals surface area contributed by atoms with Gasteiger partial charge in [0.1, 0.15) is 11.5 Å². The van der Waals surface area contributed by atoms with Crippen molar-refractivity contribution in [2.24, 2.45) is 5.92 Å². The lowest BCUT2D eigenvalue weighted by Gasteiger charge is -2.31. The number of aromatic amines is 1. The first-order valence-electron chi connectivity index (χ1n) is 9.35. The standard InChI is InChI=1S/C20H27FN4O2/c1-13-10-15(21)11-17-16(13)12-18(23-17)20(27)25-7-4-14(5-8-25)19(26)22-6-9-24(2)3/h10-12,14,23H,4-9H2,1-3H3,(H,22,26). The number of likely N-dealkylation sites (tertiary alicyclic amines) is 1. The summed E-state index contributed by atoms with van der Waals surface area (Å²) in [5, 5.41) is 3.82. The first kappa shape index (κ1) is 19.4. The monoisotopic (exact) mass is 374 g/mol. The summed E-state index contributed by atoms with van der Waals surface area (Å²) in [5.41, 5.74) is 1.90. The van der Waals surface area contributed by atoms with Gasteiger partial charge >= 0.3 is 0 Å². The predicted octanol–water partition coefficient (Wildman–Crippen LogP) is 2.15. The summed E-state index contributed by atoms with van der Waals surface area (Å²) in [5.74, 6) is -0.393. The number of nitrogens with one attached hydrogen (secondary N) is 2. The molecule has 1 aromatic heterocycles. The summed E-state index contributed by atoms with van der Waals surface area (Å²) in [6.45, 7) is 4.37. The molecule has 1 saturated heterocycles. The van der Waals surface area contributed by atoms with Crippen molar-refractivity contribution < 1.29 is 14.0 Å². The molecule has 2 aromatic rings. The zero-order chi connectivity index (χ0) is 19.6. The second-order valence-corrected chi connectivity index (χ2v) is 7.53. The number of aromatic nitrogens is 1. The molecule has 2 N–H and O–H groups in total. The zero-order valence-electron chi connectivity index (χ0n) is 16.1. The smallest absolute Gasteiger partial charge is 0.270 e. The van der Waals surface area contributed by atoms with E-state index in [-0.39, 0.29) is 23.5 Å². The SMILES string of the molecule is Cc1cc(F)cc2[nH]c(C(=O)N3CCC(C(=O)NCCN(C)C)CC3)cc12. The number of rotatable bonds is 5. The molecule has 3 rings (SSSR count). The fraction of sp³-hybridized carbons (Fsp3) is 0.500. The van der Waals surface area contributed by atoms with E-state index in [2.05, 4.69) is 10.3 Å². The molecule has 2 heterocycles. The molecule has 6 nitrogen and oxygen atoms in total. The number of nitrogens with zero attached hydrogens (tertiary/aromatic N) is 2. The summed E-state index contributed by atoms with van der Waals surface area (Å²) in [6.07, 6.45) is 1.32. The molecule has 0 unspecified atom stereocenters. The minimum Gasteiger partial charge on any atom is -0.355 e. The molecule has 0 spiro atoms. The lowest BCUT2D eigenvalue weighted by Crippen LogP contribution is -2.44. The van der Waals surface area contributed by atoms with Gasteiger partial charge in [0, 0.05) is 43.0 Å². The normalized spacial score (nSPS) is 15.5. The molecule has 0 aliphatic carbocycles. The fourth-order valence-electron chi connectivity index (χ4n) is 3.55. The minimum atomic E-state index is -0.318. The highest BCUT2D eigenvalue weighted by Gasteiger charge is 2.28.